The third-order valence-corrected chi connectivity index (χ3v) is 2.11. The number of halogens is 3. The van der Waals surface area contributed by atoms with Crippen LogP contribution in [0.5, 0.6) is 5.75 Å². The largest absolute Gasteiger partial charge is 0.573 e. The van der Waals surface area contributed by atoms with Crippen LogP contribution in [0.2, 0.25) is 0 Å². The van der Waals surface area contributed by atoms with Crippen LogP contribution in [-0.2, 0) is 9.47 Å². The summed E-state index contributed by atoms with van der Waals surface area (Å²) in [6.45, 7) is 1.66. The van der Waals surface area contributed by atoms with Crippen LogP contribution < -0.4 is 10.1 Å². The monoisotopic (exact) mass is 279 g/mol. The van der Waals surface area contributed by atoms with E-state index in [1.165, 1.54) is 18.2 Å². The van der Waals surface area contributed by atoms with Crippen molar-refractivity contribution in [2.75, 3.05) is 38.8 Å². The number of rotatable bonds is 8. The lowest BCUT2D eigenvalue weighted by atomic mass is 10.3. The molecule has 0 aromatic heterocycles. The second kappa shape index (κ2) is 7.85. The van der Waals surface area contributed by atoms with E-state index in [4.69, 9.17) is 9.47 Å². The molecule has 0 atom stereocenters. The molecule has 1 aromatic rings. The quantitative estimate of drug-likeness (QED) is 0.743. The first kappa shape index (κ1) is 15.6. The average molecular weight is 279 g/mol. The Hall–Kier alpha value is -1.47. The predicted octanol–water partition coefficient (Wildman–Crippen LogP) is 2.66. The molecule has 0 bridgehead atoms. The van der Waals surface area contributed by atoms with Gasteiger partial charge in [0.2, 0.25) is 0 Å². The zero-order valence-corrected chi connectivity index (χ0v) is 10.5. The van der Waals surface area contributed by atoms with Crippen LogP contribution >= 0.6 is 0 Å². The molecule has 0 amide bonds. The Bertz CT molecular complexity index is 371. The Morgan fingerprint density at radius 2 is 1.84 bits per heavy atom. The lowest BCUT2D eigenvalue weighted by Crippen LogP contribution is -2.19. The van der Waals surface area contributed by atoms with Gasteiger partial charge in [0.05, 0.1) is 25.5 Å². The molecular weight excluding hydrogens is 263 g/mol. The normalized spacial score (nSPS) is 11.4. The highest BCUT2D eigenvalue weighted by molar-refractivity contribution is 5.56. The summed E-state index contributed by atoms with van der Waals surface area (Å²) < 4.78 is 50.4. The van der Waals surface area contributed by atoms with Crippen molar-refractivity contribution in [2.45, 2.75) is 6.36 Å². The molecule has 0 saturated heterocycles. The summed E-state index contributed by atoms with van der Waals surface area (Å²) in [5.41, 5.74) is 0.273. The molecule has 0 aliphatic heterocycles. The fraction of sp³-hybridized carbons (Fsp3) is 0.500. The van der Waals surface area contributed by atoms with Gasteiger partial charge in [-0.3, -0.25) is 0 Å². The lowest BCUT2D eigenvalue weighted by molar-refractivity contribution is -0.274. The lowest BCUT2D eigenvalue weighted by Gasteiger charge is -2.14. The van der Waals surface area contributed by atoms with Gasteiger partial charge in [-0.15, -0.1) is 13.2 Å². The average Bonchev–Trinajstić information content (AvgIpc) is 2.33. The summed E-state index contributed by atoms with van der Waals surface area (Å²) in [5, 5.41) is 2.82. The van der Waals surface area contributed by atoms with Gasteiger partial charge in [0.25, 0.3) is 0 Å². The summed E-state index contributed by atoms with van der Waals surface area (Å²) in [4.78, 5) is 0. The van der Waals surface area contributed by atoms with Gasteiger partial charge in [-0.1, -0.05) is 12.1 Å². The van der Waals surface area contributed by atoms with Gasteiger partial charge in [0.15, 0.2) is 5.75 Å². The van der Waals surface area contributed by atoms with Crippen LogP contribution in [-0.4, -0.2) is 39.8 Å². The highest BCUT2D eigenvalue weighted by Gasteiger charge is 2.31. The van der Waals surface area contributed by atoms with Crippen LogP contribution in [0, 0.1) is 0 Å². The van der Waals surface area contributed by atoms with Crippen molar-refractivity contribution >= 4 is 5.69 Å². The maximum absolute atomic E-state index is 12.2. The van der Waals surface area contributed by atoms with Gasteiger partial charge in [-0.05, 0) is 12.1 Å². The smallest absolute Gasteiger partial charge is 0.404 e. The van der Waals surface area contributed by atoms with Crippen LogP contribution in [0.4, 0.5) is 18.9 Å². The fourth-order valence-electron chi connectivity index (χ4n) is 1.33. The Morgan fingerprint density at radius 3 is 2.53 bits per heavy atom. The van der Waals surface area contributed by atoms with Gasteiger partial charge in [-0.25, -0.2) is 0 Å². The van der Waals surface area contributed by atoms with Gasteiger partial charge >= 0.3 is 6.36 Å². The summed E-state index contributed by atoms with van der Waals surface area (Å²) in [5.74, 6) is -0.258. The first-order valence-corrected chi connectivity index (χ1v) is 5.68. The van der Waals surface area contributed by atoms with E-state index < -0.39 is 6.36 Å². The molecule has 0 aliphatic carbocycles. The molecule has 19 heavy (non-hydrogen) atoms. The maximum Gasteiger partial charge on any atom is 0.573 e. The molecule has 1 rings (SSSR count). The van der Waals surface area contributed by atoms with Crippen molar-refractivity contribution in [3.63, 3.8) is 0 Å². The first-order chi connectivity index (χ1) is 9.03. The summed E-state index contributed by atoms with van der Waals surface area (Å²) in [6.07, 6.45) is -4.70. The maximum atomic E-state index is 12.2. The number of methoxy groups -OCH3 is 1. The Morgan fingerprint density at radius 1 is 1.11 bits per heavy atom. The van der Waals surface area contributed by atoms with E-state index in [1.54, 1.807) is 13.2 Å². The summed E-state index contributed by atoms with van der Waals surface area (Å²) in [7, 11) is 1.56. The Labute approximate surface area is 109 Å². The van der Waals surface area contributed by atoms with Crippen molar-refractivity contribution in [1.82, 2.24) is 0 Å². The number of nitrogens with one attached hydrogen (secondary N) is 1. The van der Waals surface area contributed by atoms with Crippen LogP contribution in [0.25, 0.3) is 0 Å². The van der Waals surface area contributed by atoms with Crippen LogP contribution in [0.3, 0.4) is 0 Å². The SMILES string of the molecule is COCCOCCNc1ccccc1OC(F)(F)F. The summed E-state index contributed by atoms with van der Waals surface area (Å²) in [6, 6.07) is 5.86. The number of benzene rings is 1. The molecule has 0 aliphatic rings. The molecular formula is C12H16F3NO3. The molecule has 0 radical (unpaired) electrons. The van der Waals surface area contributed by atoms with Gasteiger partial charge in [0, 0.05) is 13.7 Å². The molecule has 1 N–H and O–H groups in total. The molecule has 0 heterocycles. The van der Waals surface area contributed by atoms with Crippen LogP contribution in [0.1, 0.15) is 0 Å². The van der Waals surface area contributed by atoms with E-state index >= 15 is 0 Å². The number of hydrogen-bond acceptors (Lipinski definition) is 4. The molecule has 0 saturated carbocycles. The van der Waals surface area contributed by atoms with E-state index in [9.17, 15) is 13.2 Å². The fourth-order valence-corrected chi connectivity index (χ4v) is 1.33. The number of ether oxygens (including phenoxy) is 3. The molecule has 7 heteroatoms. The summed E-state index contributed by atoms with van der Waals surface area (Å²) >= 11 is 0. The number of hydrogen-bond donors (Lipinski definition) is 1. The second-order valence-corrected chi connectivity index (χ2v) is 3.58. The number of anilines is 1. The van der Waals surface area contributed by atoms with E-state index in [-0.39, 0.29) is 11.4 Å². The Balaban J connectivity index is 2.40. The molecule has 0 unspecified atom stereocenters. The highest BCUT2D eigenvalue weighted by atomic mass is 19.4. The molecule has 0 fully saturated rings. The van der Waals surface area contributed by atoms with E-state index in [2.05, 4.69) is 10.1 Å². The van der Waals surface area contributed by atoms with E-state index in [0.29, 0.717) is 26.4 Å². The van der Waals surface area contributed by atoms with Gasteiger partial charge in [-0.2, -0.15) is 0 Å². The standard InChI is InChI=1S/C12H16F3NO3/c1-17-8-9-18-7-6-16-10-4-2-3-5-11(10)19-12(13,14)15/h2-5,16H,6-9H2,1H3. The zero-order chi connectivity index (χ0) is 14.1. The molecule has 0 spiro atoms. The van der Waals surface area contributed by atoms with E-state index in [1.807, 2.05) is 0 Å². The minimum atomic E-state index is -4.70. The van der Waals surface area contributed by atoms with E-state index in [0.717, 1.165) is 0 Å². The van der Waals surface area contributed by atoms with Gasteiger partial charge < -0.3 is 19.5 Å². The third kappa shape index (κ3) is 6.88. The molecule has 1 aromatic carbocycles. The van der Waals surface area contributed by atoms with Crippen LogP contribution in [0.15, 0.2) is 24.3 Å². The minimum absolute atomic E-state index is 0.258. The third-order valence-electron chi connectivity index (χ3n) is 2.11. The van der Waals surface area contributed by atoms with Crippen molar-refractivity contribution < 1.29 is 27.4 Å². The van der Waals surface area contributed by atoms with Crippen molar-refractivity contribution in [2.24, 2.45) is 0 Å². The van der Waals surface area contributed by atoms with Crippen molar-refractivity contribution in [3.8, 4) is 5.75 Å². The number of para-hydroxylation sites is 2. The number of alkyl halides is 3. The molecule has 108 valence electrons. The first-order valence-electron chi connectivity index (χ1n) is 5.68. The second-order valence-electron chi connectivity index (χ2n) is 3.58. The van der Waals surface area contributed by atoms with Gasteiger partial charge in [0.1, 0.15) is 0 Å². The topological polar surface area (TPSA) is 39.7 Å². The minimum Gasteiger partial charge on any atom is -0.404 e. The van der Waals surface area contributed by atoms with Crippen molar-refractivity contribution in [1.29, 1.82) is 0 Å². The Kier molecular flexibility index (Phi) is 6.44. The highest BCUT2D eigenvalue weighted by Crippen LogP contribution is 2.29. The predicted molar refractivity (Wildman–Crippen MR) is 64.3 cm³/mol. The zero-order valence-electron chi connectivity index (χ0n) is 10.5. The van der Waals surface area contributed by atoms with Crippen molar-refractivity contribution in [3.05, 3.63) is 24.3 Å². The molecule has 4 nitrogen and oxygen atoms in total.